The van der Waals surface area contributed by atoms with Crippen molar-refractivity contribution in [3.05, 3.63) is 29.6 Å². The fraction of sp³-hybridized carbons (Fsp3) is 0.600. The molecule has 1 aromatic carbocycles. The van der Waals surface area contributed by atoms with Gasteiger partial charge in [-0.25, -0.2) is 0 Å². The maximum absolute atomic E-state index is 12.8. The van der Waals surface area contributed by atoms with Crippen LogP contribution in [-0.4, -0.2) is 60.9 Å². The second-order valence-corrected chi connectivity index (χ2v) is 10.8. The second kappa shape index (κ2) is 7.89. The molecule has 2 aliphatic heterocycles. The van der Waals surface area contributed by atoms with Crippen molar-refractivity contribution in [1.82, 2.24) is 9.80 Å². The maximum Gasteiger partial charge on any atom is 0.233 e. The van der Waals surface area contributed by atoms with Crippen molar-refractivity contribution in [2.75, 3.05) is 44.2 Å². The minimum atomic E-state index is 0.0349. The number of nitrogens with zero attached hydrogens (tertiary/aromatic N) is 3. The largest absolute Gasteiger partial charge is 0.369 e. The van der Waals surface area contributed by atoms with E-state index in [1.165, 1.54) is 15.8 Å². The number of hydrogen-bond acceptors (Lipinski definition) is 5. The summed E-state index contributed by atoms with van der Waals surface area (Å²) in [5.74, 6) is 1.36. The summed E-state index contributed by atoms with van der Waals surface area (Å²) in [5.41, 5.74) is 1.33. The Balaban J connectivity index is 0.957. The van der Waals surface area contributed by atoms with Gasteiger partial charge < -0.3 is 4.90 Å². The number of carbonyl (C=O) groups is 2. The quantitative estimate of drug-likeness (QED) is 0.509. The fourth-order valence-electron chi connectivity index (χ4n) is 6.67. The van der Waals surface area contributed by atoms with Crippen molar-refractivity contribution in [3.63, 3.8) is 0 Å². The highest BCUT2D eigenvalue weighted by atomic mass is 32.1. The van der Waals surface area contributed by atoms with Gasteiger partial charge in [0.1, 0.15) is 0 Å². The first-order valence-electron chi connectivity index (χ1n) is 12.0. The molecule has 0 unspecified atom stereocenters. The van der Waals surface area contributed by atoms with Gasteiger partial charge in [0, 0.05) is 43.1 Å². The smallest absolute Gasteiger partial charge is 0.233 e. The fourth-order valence-corrected chi connectivity index (χ4v) is 7.49. The molecule has 0 spiro atoms. The molecule has 2 bridgehead atoms. The van der Waals surface area contributed by atoms with Gasteiger partial charge in [0.2, 0.25) is 11.8 Å². The first kappa shape index (κ1) is 19.7. The molecule has 0 N–H and O–H groups in total. The molecule has 5 nitrogen and oxygen atoms in total. The highest BCUT2D eigenvalue weighted by Gasteiger charge is 2.60. The van der Waals surface area contributed by atoms with Crippen LogP contribution in [0.1, 0.15) is 32.1 Å². The zero-order chi connectivity index (χ0) is 20.9. The van der Waals surface area contributed by atoms with Crippen LogP contribution in [0.25, 0.3) is 10.1 Å². The summed E-state index contributed by atoms with van der Waals surface area (Å²) in [5, 5.41) is 3.49. The number of benzene rings is 1. The van der Waals surface area contributed by atoms with Gasteiger partial charge in [-0.05, 0) is 79.5 Å². The zero-order valence-corrected chi connectivity index (χ0v) is 18.9. The number of fused-ring (bicyclic) bond motifs is 6. The zero-order valence-electron chi connectivity index (χ0n) is 18.0. The predicted octanol–water partition coefficient (Wildman–Crippen LogP) is 3.83. The third-order valence-corrected chi connectivity index (χ3v) is 9.18. The Morgan fingerprint density at radius 2 is 1.58 bits per heavy atom. The van der Waals surface area contributed by atoms with E-state index in [0.717, 1.165) is 64.8 Å². The molecule has 6 heteroatoms. The number of imide groups is 1. The molecule has 164 valence electrons. The van der Waals surface area contributed by atoms with Gasteiger partial charge in [0.05, 0.1) is 11.8 Å². The molecule has 3 heterocycles. The molecule has 0 radical (unpaired) electrons. The number of amides is 2. The lowest BCUT2D eigenvalue weighted by molar-refractivity contribution is -0.140. The Kier molecular flexibility index (Phi) is 5.03. The molecule has 2 aromatic rings. The van der Waals surface area contributed by atoms with E-state index >= 15 is 0 Å². The summed E-state index contributed by atoms with van der Waals surface area (Å²) in [7, 11) is 0. The Hall–Kier alpha value is -1.92. The van der Waals surface area contributed by atoms with Crippen molar-refractivity contribution >= 4 is 38.9 Å². The monoisotopic (exact) mass is 437 g/mol. The number of unbranched alkanes of at least 4 members (excludes halogenated alkanes) is 1. The number of rotatable bonds is 6. The van der Waals surface area contributed by atoms with Crippen LogP contribution in [0.5, 0.6) is 0 Å². The van der Waals surface area contributed by atoms with Gasteiger partial charge in [-0.15, -0.1) is 11.3 Å². The first-order chi connectivity index (χ1) is 15.2. The van der Waals surface area contributed by atoms with E-state index in [-0.39, 0.29) is 23.7 Å². The molecule has 4 atom stereocenters. The van der Waals surface area contributed by atoms with Gasteiger partial charge in [0.25, 0.3) is 0 Å². The molecule has 2 saturated carbocycles. The Bertz CT molecular complexity index is 968. The van der Waals surface area contributed by atoms with E-state index in [4.69, 9.17) is 0 Å². The Morgan fingerprint density at radius 1 is 0.871 bits per heavy atom. The van der Waals surface area contributed by atoms with Crippen molar-refractivity contribution in [2.45, 2.75) is 32.1 Å². The van der Waals surface area contributed by atoms with Crippen LogP contribution >= 0.6 is 11.3 Å². The molecule has 4 aliphatic rings. The summed E-state index contributed by atoms with van der Waals surface area (Å²) in [6.07, 6.45) is 5.42. The number of anilines is 1. The first-order valence-corrected chi connectivity index (χ1v) is 12.9. The number of piperazine rings is 1. The average Bonchev–Trinajstić information content (AvgIpc) is 3.57. The molecule has 2 aliphatic carbocycles. The van der Waals surface area contributed by atoms with Crippen molar-refractivity contribution in [2.24, 2.45) is 23.7 Å². The minimum absolute atomic E-state index is 0.0349. The van der Waals surface area contributed by atoms with E-state index < -0.39 is 0 Å². The number of thiophene rings is 1. The van der Waals surface area contributed by atoms with E-state index in [2.05, 4.69) is 39.4 Å². The normalized spacial score (nSPS) is 30.7. The third-order valence-electron chi connectivity index (χ3n) is 8.30. The summed E-state index contributed by atoms with van der Waals surface area (Å²) in [6.45, 7) is 5.98. The van der Waals surface area contributed by atoms with Crippen LogP contribution in [-0.2, 0) is 9.59 Å². The standard InChI is InChI=1S/C25H31N3O2S/c29-24-22-18-3-4-19(15-18)23(22)25(30)28(24)9-2-1-8-26-10-12-27(13-11-26)20-6-5-17-7-14-31-21(17)16-20/h5-7,14,16,18-19,22-23H,1-4,8-13,15H2/t18-,19+,22+,23-. The molecule has 4 fully saturated rings. The second-order valence-electron chi connectivity index (χ2n) is 9.89. The molecular weight excluding hydrogens is 406 g/mol. The average molecular weight is 438 g/mol. The molecule has 1 aromatic heterocycles. The van der Waals surface area contributed by atoms with Gasteiger partial charge in [-0.3, -0.25) is 19.4 Å². The van der Waals surface area contributed by atoms with E-state index in [1.807, 2.05) is 11.3 Å². The highest BCUT2D eigenvalue weighted by Crippen LogP contribution is 2.56. The number of hydrogen-bond donors (Lipinski definition) is 0. The van der Waals surface area contributed by atoms with E-state index in [0.29, 0.717) is 18.4 Å². The minimum Gasteiger partial charge on any atom is -0.369 e. The van der Waals surface area contributed by atoms with Crippen LogP contribution in [0.2, 0.25) is 0 Å². The van der Waals surface area contributed by atoms with Crippen molar-refractivity contribution < 1.29 is 9.59 Å². The Labute approximate surface area is 188 Å². The van der Waals surface area contributed by atoms with Crippen molar-refractivity contribution in [3.8, 4) is 0 Å². The topological polar surface area (TPSA) is 43.9 Å². The summed E-state index contributed by atoms with van der Waals surface area (Å²) in [4.78, 5) is 32.3. The van der Waals surface area contributed by atoms with Crippen molar-refractivity contribution in [1.29, 1.82) is 0 Å². The molecular formula is C25H31N3O2S. The maximum atomic E-state index is 12.8. The Morgan fingerprint density at radius 3 is 2.32 bits per heavy atom. The molecule has 2 saturated heterocycles. The summed E-state index contributed by atoms with van der Waals surface area (Å²) in [6, 6.07) is 8.98. The van der Waals surface area contributed by atoms with E-state index in [1.54, 1.807) is 4.90 Å². The lowest BCUT2D eigenvalue weighted by Gasteiger charge is -2.36. The van der Waals surface area contributed by atoms with Gasteiger partial charge in [-0.2, -0.15) is 0 Å². The highest BCUT2D eigenvalue weighted by molar-refractivity contribution is 7.17. The van der Waals surface area contributed by atoms with Crippen LogP contribution in [0.15, 0.2) is 29.6 Å². The number of likely N-dealkylation sites (tertiary alicyclic amines) is 1. The van der Waals surface area contributed by atoms with Gasteiger partial charge in [-0.1, -0.05) is 6.07 Å². The van der Waals surface area contributed by atoms with Gasteiger partial charge >= 0.3 is 0 Å². The van der Waals surface area contributed by atoms with Gasteiger partial charge in [0.15, 0.2) is 0 Å². The lowest BCUT2D eigenvalue weighted by Crippen LogP contribution is -2.46. The SMILES string of the molecule is O=C1[C@@H]2[C@H]3CC[C@H](C3)[C@@H]2C(=O)N1CCCCN1CCN(c2ccc3ccsc3c2)CC1. The third kappa shape index (κ3) is 3.39. The molecule has 6 rings (SSSR count). The van der Waals surface area contributed by atoms with Crippen LogP contribution in [0.4, 0.5) is 5.69 Å². The van der Waals surface area contributed by atoms with E-state index in [9.17, 15) is 9.59 Å². The number of carbonyl (C=O) groups excluding carboxylic acids is 2. The predicted molar refractivity (Wildman–Crippen MR) is 124 cm³/mol. The van der Waals surface area contributed by atoms with Crippen LogP contribution < -0.4 is 4.90 Å². The molecule has 31 heavy (non-hydrogen) atoms. The summed E-state index contributed by atoms with van der Waals surface area (Å²) < 4.78 is 1.36. The summed E-state index contributed by atoms with van der Waals surface area (Å²) >= 11 is 1.81. The lowest BCUT2D eigenvalue weighted by atomic mass is 9.81. The molecule has 2 amide bonds. The van der Waals surface area contributed by atoms with Crippen LogP contribution in [0.3, 0.4) is 0 Å². The van der Waals surface area contributed by atoms with Crippen LogP contribution in [0, 0.1) is 23.7 Å².